The highest BCUT2D eigenvalue weighted by molar-refractivity contribution is 7.91. The van der Waals surface area contributed by atoms with Crippen LogP contribution in [-0.2, 0) is 16.3 Å². The fraction of sp³-hybridized carbons (Fsp3) is 0.650. The molecule has 2 saturated heterocycles. The Balaban J connectivity index is 1.59. The molecule has 2 heterocycles. The first-order valence-corrected chi connectivity index (χ1v) is 11.6. The molecule has 0 aromatic heterocycles. The maximum absolute atomic E-state index is 13.1. The molecule has 3 rings (SSSR count). The van der Waals surface area contributed by atoms with E-state index in [1.54, 1.807) is 0 Å². The predicted octanol–water partition coefficient (Wildman–Crippen LogP) is 2.48. The molecule has 0 radical (unpaired) electrons. The Bertz CT molecular complexity index is 762. The summed E-state index contributed by atoms with van der Waals surface area (Å²) in [5, 5.41) is 3.44. The van der Waals surface area contributed by atoms with Gasteiger partial charge in [0, 0.05) is 25.7 Å². The number of aliphatic imine (C=N–C) groups is 1. The summed E-state index contributed by atoms with van der Waals surface area (Å²) >= 11 is 0. The fourth-order valence-electron chi connectivity index (χ4n) is 3.87. The van der Waals surface area contributed by atoms with E-state index in [9.17, 15) is 12.8 Å². The second-order valence-corrected chi connectivity index (χ2v) is 10.4. The van der Waals surface area contributed by atoms with Crippen molar-refractivity contribution in [2.24, 2.45) is 16.8 Å². The number of likely N-dealkylation sites (tertiary alicyclic amines) is 1. The van der Waals surface area contributed by atoms with Crippen LogP contribution in [0.3, 0.4) is 0 Å². The molecular formula is C20H30FN3O2S. The molecule has 1 aromatic carbocycles. The van der Waals surface area contributed by atoms with Gasteiger partial charge >= 0.3 is 0 Å². The van der Waals surface area contributed by atoms with Crippen molar-refractivity contribution in [1.82, 2.24) is 10.2 Å². The summed E-state index contributed by atoms with van der Waals surface area (Å²) in [6, 6.07) is 7.03. The Kier molecular flexibility index (Phi) is 6.40. The second-order valence-electron chi connectivity index (χ2n) is 8.16. The lowest BCUT2D eigenvalue weighted by molar-refractivity contribution is 0.449. The van der Waals surface area contributed by atoms with Crippen LogP contribution in [0.5, 0.6) is 0 Å². The Morgan fingerprint density at radius 1 is 1.26 bits per heavy atom. The van der Waals surface area contributed by atoms with Crippen LogP contribution in [0, 0.1) is 17.7 Å². The molecule has 7 heteroatoms. The second kappa shape index (κ2) is 8.59. The molecule has 0 saturated carbocycles. The standard InChI is InChI=1S/C20H30FN3O2S/c1-15(2)23-20(22-12-18-8-10-27(25,26)14-18)24-9-7-17(13-24)11-16-3-5-19(21)6-4-16/h3-6,15,17-18H,7-14H2,1-2H3,(H,22,23). The van der Waals surface area contributed by atoms with E-state index in [0.29, 0.717) is 24.6 Å². The summed E-state index contributed by atoms with van der Waals surface area (Å²) in [5.74, 6) is 1.90. The largest absolute Gasteiger partial charge is 0.354 e. The summed E-state index contributed by atoms with van der Waals surface area (Å²) in [7, 11) is -2.86. The lowest BCUT2D eigenvalue weighted by Gasteiger charge is -2.24. The van der Waals surface area contributed by atoms with E-state index >= 15 is 0 Å². The number of rotatable bonds is 5. The molecule has 0 amide bonds. The maximum atomic E-state index is 13.1. The van der Waals surface area contributed by atoms with E-state index in [1.165, 1.54) is 12.1 Å². The summed E-state index contributed by atoms with van der Waals surface area (Å²) < 4.78 is 36.4. The van der Waals surface area contributed by atoms with Gasteiger partial charge in [-0.25, -0.2) is 12.8 Å². The number of benzene rings is 1. The van der Waals surface area contributed by atoms with Crippen molar-refractivity contribution in [1.29, 1.82) is 0 Å². The summed E-state index contributed by atoms with van der Waals surface area (Å²) in [6.07, 6.45) is 2.73. The zero-order valence-corrected chi connectivity index (χ0v) is 17.0. The van der Waals surface area contributed by atoms with E-state index in [-0.39, 0.29) is 23.5 Å². The monoisotopic (exact) mass is 395 g/mol. The van der Waals surface area contributed by atoms with Crippen LogP contribution < -0.4 is 5.32 Å². The highest BCUT2D eigenvalue weighted by atomic mass is 32.2. The Morgan fingerprint density at radius 2 is 2.00 bits per heavy atom. The van der Waals surface area contributed by atoms with E-state index in [1.807, 2.05) is 12.1 Å². The van der Waals surface area contributed by atoms with Gasteiger partial charge in [-0.3, -0.25) is 4.99 Å². The molecule has 2 fully saturated rings. The smallest absolute Gasteiger partial charge is 0.194 e. The lowest BCUT2D eigenvalue weighted by Crippen LogP contribution is -2.43. The van der Waals surface area contributed by atoms with Gasteiger partial charge in [0.1, 0.15) is 5.82 Å². The first-order chi connectivity index (χ1) is 12.8. The molecular weight excluding hydrogens is 365 g/mol. The molecule has 27 heavy (non-hydrogen) atoms. The normalized spacial score (nSPS) is 25.3. The Labute approximate surface area is 162 Å². The number of nitrogens with zero attached hydrogens (tertiary/aromatic N) is 2. The fourth-order valence-corrected chi connectivity index (χ4v) is 5.72. The molecule has 0 aliphatic carbocycles. The van der Waals surface area contributed by atoms with Crippen LogP contribution in [0.4, 0.5) is 4.39 Å². The molecule has 150 valence electrons. The van der Waals surface area contributed by atoms with Crippen LogP contribution in [-0.4, -0.2) is 56.5 Å². The topological polar surface area (TPSA) is 61.8 Å². The molecule has 5 nitrogen and oxygen atoms in total. The van der Waals surface area contributed by atoms with Crippen LogP contribution in [0.15, 0.2) is 29.3 Å². The van der Waals surface area contributed by atoms with Crippen LogP contribution >= 0.6 is 0 Å². The SMILES string of the molecule is CC(C)NC(=NCC1CCS(=O)(=O)C1)N1CCC(Cc2ccc(F)cc2)C1. The van der Waals surface area contributed by atoms with Crippen molar-refractivity contribution >= 4 is 15.8 Å². The highest BCUT2D eigenvalue weighted by Gasteiger charge is 2.29. The zero-order chi connectivity index (χ0) is 19.4. The highest BCUT2D eigenvalue weighted by Crippen LogP contribution is 2.22. The zero-order valence-electron chi connectivity index (χ0n) is 16.2. The van der Waals surface area contributed by atoms with Crippen molar-refractivity contribution in [3.63, 3.8) is 0 Å². The molecule has 2 atom stereocenters. The predicted molar refractivity (Wildman–Crippen MR) is 107 cm³/mol. The third-order valence-electron chi connectivity index (χ3n) is 5.27. The molecule has 1 aromatic rings. The van der Waals surface area contributed by atoms with Crippen molar-refractivity contribution < 1.29 is 12.8 Å². The Hall–Kier alpha value is -1.63. The van der Waals surface area contributed by atoms with Crippen molar-refractivity contribution in [2.45, 2.75) is 39.2 Å². The minimum absolute atomic E-state index is 0.136. The number of sulfone groups is 1. The summed E-state index contributed by atoms with van der Waals surface area (Å²) in [4.78, 5) is 7.04. The van der Waals surface area contributed by atoms with Gasteiger partial charge in [-0.1, -0.05) is 12.1 Å². The van der Waals surface area contributed by atoms with Crippen molar-refractivity contribution in [2.75, 3.05) is 31.1 Å². The van der Waals surface area contributed by atoms with Crippen LogP contribution in [0.25, 0.3) is 0 Å². The van der Waals surface area contributed by atoms with Gasteiger partial charge in [-0.15, -0.1) is 0 Å². The van der Waals surface area contributed by atoms with E-state index in [0.717, 1.165) is 37.5 Å². The van der Waals surface area contributed by atoms with Gasteiger partial charge in [0.25, 0.3) is 0 Å². The van der Waals surface area contributed by atoms with E-state index in [2.05, 4.69) is 24.1 Å². The van der Waals surface area contributed by atoms with Crippen molar-refractivity contribution in [3.8, 4) is 0 Å². The quantitative estimate of drug-likeness (QED) is 0.615. The first-order valence-electron chi connectivity index (χ1n) is 9.81. The number of halogens is 1. The van der Waals surface area contributed by atoms with Gasteiger partial charge in [-0.2, -0.15) is 0 Å². The van der Waals surface area contributed by atoms with Crippen molar-refractivity contribution in [3.05, 3.63) is 35.6 Å². The van der Waals surface area contributed by atoms with Crippen LogP contribution in [0.1, 0.15) is 32.3 Å². The number of hydrogen-bond acceptors (Lipinski definition) is 3. The third-order valence-corrected chi connectivity index (χ3v) is 7.10. The summed E-state index contributed by atoms with van der Waals surface area (Å²) in [5.41, 5.74) is 1.16. The number of hydrogen-bond donors (Lipinski definition) is 1. The van der Waals surface area contributed by atoms with Gasteiger partial charge in [0.2, 0.25) is 0 Å². The maximum Gasteiger partial charge on any atom is 0.194 e. The molecule has 1 N–H and O–H groups in total. The molecule has 0 bridgehead atoms. The lowest BCUT2D eigenvalue weighted by atomic mass is 9.99. The van der Waals surface area contributed by atoms with Gasteiger partial charge < -0.3 is 10.2 Å². The molecule has 2 aliphatic heterocycles. The van der Waals surface area contributed by atoms with E-state index < -0.39 is 9.84 Å². The molecule has 0 spiro atoms. The van der Waals surface area contributed by atoms with Gasteiger partial charge in [0.15, 0.2) is 15.8 Å². The summed E-state index contributed by atoms with van der Waals surface area (Å²) in [6.45, 7) is 6.59. The van der Waals surface area contributed by atoms with Gasteiger partial charge in [0.05, 0.1) is 11.5 Å². The average molecular weight is 396 g/mol. The van der Waals surface area contributed by atoms with E-state index in [4.69, 9.17) is 4.99 Å². The Morgan fingerprint density at radius 3 is 2.63 bits per heavy atom. The number of guanidine groups is 1. The average Bonchev–Trinajstić information content (AvgIpc) is 3.19. The minimum atomic E-state index is -2.86. The molecule has 2 aliphatic rings. The van der Waals surface area contributed by atoms with Gasteiger partial charge in [-0.05, 0) is 62.6 Å². The van der Waals surface area contributed by atoms with Crippen LogP contribution in [0.2, 0.25) is 0 Å². The first kappa shape index (κ1) is 20.1. The number of nitrogens with one attached hydrogen (secondary N) is 1. The third kappa shape index (κ3) is 5.92. The minimum Gasteiger partial charge on any atom is -0.354 e. The molecule has 2 unspecified atom stereocenters.